The molecule has 0 fully saturated rings. The van der Waals surface area contributed by atoms with E-state index in [1.54, 1.807) is 11.3 Å². The molecule has 6 nitrogen and oxygen atoms in total. The van der Waals surface area contributed by atoms with Gasteiger partial charge in [-0.15, -0.1) is 11.3 Å². The third-order valence-corrected chi connectivity index (χ3v) is 5.29. The molecule has 0 aliphatic carbocycles. The van der Waals surface area contributed by atoms with Crippen LogP contribution in [0.3, 0.4) is 0 Å². The second kappa shape index (κ2) is 7.90. The van der Waals surface area contributed by atoms with Crippen LogP contribution in [0, 0.1) is 0 Å². The number of thiazole rings is 1. The Morgan fingerprint density at radius 2 is 2.29 bits per heavy atom. The minimum atomic E-state index is 0.0819. The molecule has 3 heterocycles. The van der Waals surface area contributed by atoms with Gasteiger partial charge in [0, 0.05) is 50.2 Å². The van der Waals surface area contributed by atoms with Crippen LogP contribution >= 0.6 is 11.3 Å². The number of hydrogen-bond acceptors (Lipinski definition) is 5. The van der Waals surface area contributed by atoms with Crippen LogP contribution in [0.2, 0.25) is 0 Å². The van der Waals surface area contributed by atoms with Crippen LogP contribution in [-0.4, -0.2) is 33.8 Å². The molecule has 130 valence electrons. The maximum atomic E-state index is 12.0. The number of aryl methyl sites for hydroxylation is 1. The number of nitrogens with one attached hydrogen (secondary N) is 2. The van der Waals surface area contributed by atoms with Crippen molar-refractivity contribution in [1.82, 2.24) is 25.4 Å². The number of aromatic nitrogens is 3. The first-order valence-electron chi connectivity index (χ1n) is 8.59. The lowest BCUT2D eigenvalue weighted by molar-refractivity contribution is -0.121. The van der Waals surface area contributed by atoms with Crippen molar-refractivity contribution in [3.05, 3.63) is 33.5 Å². The number of fused-ring (bicyclic) bond motifs is 1. The van der Waals surface area contributed by atoms with Gasteiger partial charge in [-0.2, -0.15) is 5.10 Å². The van der Waals surface area contributed by atoms with E-state index in [9.17, 15) is 4.79 Å². The lowest BCUT2D eigenvalue weighted by Gasteiger charge is -2.13. The van der Waals surface area contributed by atoms with E-state index in [0.29, 0.717) is 25.3 Å². The second-order valence-electron chi connectivity index (χ2n) is 6.46. The Hall–Kier alpha value is -1.73. The summed E-state index contributed by atoms with van der Waals surface area (Å²) in [5, 5.41) is 14.1. The number of nitrogens with zero attached hydrogens (tertiary/aromatic N) is 3. The molecule has 24 heavy (non-hydrogen) atoms. The molecule has 1 aliphatic heterocycles. The number of hydrogen-bond donors (Lipinski definition) is 2. The molecule has 7 heteroatoms. The van der Waals surface area contributed by atoms with Gasteiger partial charge in [0.2, 0.25) is 5.91 Å². The molecule has 0 radical (unpaired) electrons. The quantitative estimate of drug-likeness (QED) is 0.802. The Labute approximate surface area is 146 Å². The summed E-state index contributed by atoms with van der Waals surface area (Å²) in [4.78, 5) is 16.6. The zero-order valence-corrected chi connectivity index (χ0v) is 15.2. The molecule has 0 unspecified atom stereocenters. The zero-order valence-electron chi connectivity index (χ0n) is 14.3. The summed E-state index contributed by atoms with van der Waals surface area (Å²) in [6, 6.07) is 2.10. The third kappa shape index (κ3) is 4.42. The fourth-order valence-corrected chi connectivity index (χ4v) is 3.61. The van der Waals surface area contributed by atoms with E-state index >= 15 is 0 Å². The van der Waals surface area contributed by atoms with Gasteiger partial charge in [0.05, 0.1) is 28.6 Å². The minimum Gasteiger partial charge on any atom is -0.356 e. The summed E-state index contributed by atoms with van der Waals surface area (Å²) < 4.78 is 2.04. The minimum absolute atomic E-state index is 0.0819. The molecule has 0 saturated heterocycles. The normalized spacial score (nSPS) is 14.0. The van der Waals surface area contributed by atoms with Crippen molar-refractivity contribution in [2.45, 2.75) is 52.1 Å². The van der Waals surface area contributed by atoms with Gasteiger partial charge in [-0.25, -0.2) is 4.98 Å². The summed E-state index contributed by atoms with van der Waals surface area (Å²) in [5.41, 5.74) is 3.28. The van der Waals surface area contributed by atoms with Crippen LogP contribution in [0.4, 0.5) is 0 Å². The van der Waals surface area contributed by atoms with Gasteiger partial charge in [-0.05, 0) is 6.07 Å². The number of carbonyl (C=O) groups excluding carboxylic acids is 1. The molecule has 1 amide bonds. The van der Waals surface area contributed by atoms with Gasteiger partial charge in [-0.1, -0.05) is 13.8 Å². The fraction of sp³-hybridized carbons (Fsp3) is 0.588. The molecule has 0 aromatic carbocycles. The average molecular weight is 347 g/mol. The smallest absolute Gasteiger partial charge is 0.220 e. The maximum absolute atomic E-state index is 12.0. The van der Waals surface area contributed by atoms with Gasteiger partial charge in [0.25, 0.3) is 0 Å². The second-order valence-corrected chi connectivity index (χ2v) is 7.35. The molecular formula is C17H25N5OS. The lowest BCUT2D eigenvalue weighted by Crippen LogP contribution is -2.28. The summed E-state index contributed by atoms with van der Waals surface area (Å²) in [6.45, 7) is 7.68. The average Bonchev–Trinajstić information content (AvgIpc) is 3.19. The molecule has 0 spiro atoms. The SMILES string of the molecule is CC(C)c1nc(CCNC(=O)CCc2cc3n(n2)CCNC3)cs1. The standard InChI is InChI=1S/C17H25N5OS/c1-12(2)17-20-14(11-24-17)5-6-19-16(23)4-3-13-9-15-10-18-7-8-22(15)21-13/h9,11-12,18H,3-8,10H2,1-2H3,(H,19,23). The van der Waals surface area contributed by atoms with Crippen molar-refractivity contribution in [3.63, 3.8) is 0 Å². The van der Waals surface area contributed by atoms with Crippen molar-refractivity contribution < 1.29 is 4.79 Å². The fourth-order valence-electron chi connectivity index (χ4n) is 2.74. The van der Waals surface area contributed by atoms with Crippen molar-refractivity contribution in [3.8, 4) is 0 Å². The predicted octanol–water partition coefficient (Wildman–Crippen LogP) is 1.86. The van der Waals surface area contributed by atoms with E-state index in [0.717, 1.165) is 42.5 Å². The third-order valence-electron chi connectivity index (χ3n) is 4.10. The summed E-state index contributed by atoms with van der Waals surface area (Å²) in [6.07, 6.45) is 1.97. The van der Waals surface area contributed by atoms with E-state index in [-0.39, 0.29) is 5.91 Å². The first-order valence-corrected chi connectivity index (χ1v) is 9.47. The van der Waals surface area contributed by atoms with Crippen molar-refractivity contribution in [1.29, 1.82) is 0 Å². The van der Waals surface area contributed by atoms with Crippen LogP contribution in [0.1, 0.15) is 48.3 Å². The van der Waals surface area contributed by atoms with Crippen molar-refractivity contribution >= 4 is 17.2 Å². The molecule has 2 N–H and O–H groups in total. The molecule has 2 aromatic rings. The molecule has 0 atom stereocenters. The van der Waals surface area contributed by atoms with Crippen LogP contribution in [0.15, 0.2) is 11.4 Å². The molecule has 1 aliphatic rings. The molecular weight excluding hydrogens is 322 g/mol. The Morgan fingerprint density at radius 3 is 3.04 bits per heavy atom. The van der Waals surface area contributed by atoms with Gasteiger partial charge in [0.15, 0.2) is 0 Å². The maximum Gasteiger partial charge on any atom is 0.220 e. The first-order chi connectivity index (χ1) is 11.6. The van der Waals surface area contributed by atoms with Crippen molar-refractivity contribution in [2.75, 3.05) is 13.1 Å². The zero-order chi connectivity index (χ0) is 16.9. The highest BCUT2D eigenvalue weighted by Gasteiger charge is 2.12. The van der Waals surface area contributed by atoms with E-state index in [1.807, 2.05) is 4.68 Å². The van der Waals surface area contributed by atoms with Crippen LogP contribution in [-0.2, 0) is 30.7 Å². The summed E-state index contributed by atoms with van der Waals surface area (Å²) in [5.74, 6) is 0.549. The number of amides is 1. The number of rotatable bonds is 7. The summed E-state index contributed by atoms with van der Waals surface area (Å²) in [7, 11) is 0. The van der Waals surface area contributed by atoms with Crippen LogP contribution < -0.4 is 10.6 Å². The first kappa shape index (κ1) is 17.1. The van der Waals surface area contributed by atoms with E-state index in [1.165, 1.54) is 5.69 Å². The Bertz CT molecular complexity index is 667. The number of carbonyl (C=O) groups is 1. The van der Waals surface area contributed by atoms with Crippen molar-refractivity contribution in [2.24, 2.45) is 0 Å². The molecule has 0 bridgehead atoms. The Balaban J connectivity index is 1.38. The molecule has 2 aromatic heterocycles. The monoisotopic (exact) mass is 347 g/mol. The Morgan fingerprint density at radius 1 is 1.42 bits per heavy atom. The van der Waals surface area contributed by atoms with Gasteiger partial charge >= 0.3 is 0 Å². The lowest BCUT2D eigenvalue weighted by atomic mass is 10.2. The largest absolute Gasteiger partial charge is 0.356 e. The van der Waals surface area contributed by atoms with Gasteiger partial charge in [-0.3, -0.25) is 9.48 Å². The molecule has 3 rings (SSSR count). The highest BCUT2D eigenvalue weighted by atomic mass is 32.1. The predicted molar refractivity (Wildman–Crippen MR) is 95.2 cm³/mol. The molecule has 0 saturated carbocycles. The van der Waals surface area contributed by atoms with Crippen LogP contribution in [0.5, 0.6) is 0 Å². The topological polar surface area (TPSA) is 71.8 Å². The van der Waals surface area contributed by atoms with Gasteiger partial charge in [0.1, 0.15) is 0 Å². The van der Waals surface area contributed by atoms with E-state index < -0.39 is 0 Å². The van der Waals surface area contributed by atoms with E-state index in [4.69, 9.17) is 0 Å². The highest BCUT2D eigenvalue weighted by Crippen LogP contribution is 2.19. The van der Waals surface area contributed by atoms with Gasteiger partial charge < -0.3 is 10.6 Å². The van der Waals surface area contributed by atoms with Crippen LogP contribution in [0.25, 0.3) is 0 Å². The van der Waals surface area contributed by atoms with E-state index in [2.05, 4.69) is 46.0 Å². The summed E-state index contributed by atoms with van der Waals surface area (Å²) >= 11 is 1.70. The highest BCUT2D eigenvalue weighted by molar-refractivity contribution is 7.09. The Kier molecular flexibility index (Phi) is 5.63.